The number of likely N-dealkylation sites (tertiary alicyclic amines) is 1. The largest absolute Gasteiger partial charge is 0.438 e. The second kappa shape index (κ2) is 7.42. The summed E-state index contributed by atoms with van der Waals surface area (Å²) in [6, 6.07) is 0. The summed E-state index contributed by atoms with van der Waals surface area (Å²) in [5, 5.41) is 8.27. The van der Waals surface area contributed by atoms with Gasteiger partial charge in [-0.1, -0.05) is 18.2 Å². The Morgan fingerprint density at radius 3 is 3.17 bits per heavy atom. The van der Waals surface area contributed by atoms with E-state index in [1.54, 1.807) is 0 Å². The molecule has 1 atom stereocenters. The minimum Gasteiger partial charge on any atom is -0.438 e. The van der Waals surface area contributed by atoms with Crippen molar-refractivity contribution in [2.24, 2.45) is 5.92 Å². The van der Waals surface area contributed by atoms with Gasteiger partial charge in [-0.15, -0.1) is 5.10 Å². The molecule has 2 aromatic heterocycles. The lowest BCUT2D eigenvalue weighted by atomic mass is 9.97. The van der Waals surface area contributed by atoms with Crippen molar-refractivity contribution >= 4 is 12.0 Å². The van der Waals surface area contributed by atoms with Gasteiger partial charge in [0.15, 0.2) is 6.39 Å². The van der Waals surface area contributed by atoms with Crippen LogP contribution in [0.25, 0.3) is 6.08 Å². The Bertz CT molecular complexity index is 718. The summed E-state index contributed by atoms with van der Waals surface area (Å²) in [5.41, 5.74) is 1.59. The molecule has 0 aliphatic carbocycles. The number of piperidine rings is 1. The molecule has 0 spiro atoms. The summed E-state index contributed by atoms with van der Waals surface area (Å²) in [4.78, 5) is 18.7. The summed E-state index contributed by atoms with van der Waals surface area (Å²) in [5.74, 6) is 0.701. The van der Waals surface area contributed by atoms with Crippen LogP contribution in [-0.2, 0) is 13.0 Å². The van der Waals surface area contributed by atoms with Crippen molar-refractivity contribution in [3.05, 3.63) is 35.8 Å². The summed E-state index contributed by atoms with van der Waals surface area (Å²) in [7, 11) is 0. The molecule has 3 heterocycles. The molecule has 0 radical (unpaired) electrons. The zero-order valence-corrected chi connectivity index (χ0v) is 14.2. The maximum absolute atomic E-state index is 12.7. The van der Waals surface area contributed by atoms with Gasteiger partial charge < -0.3 is 9.32 Å². The lowest BCUT2D eigenvalue weighted by Crippen LogP contribution is -2.41. The van der Waals surface area contributed by atoms with Crippen LogP contribution in [0, 0.1) is 5.92 Å². The molecular weight excluding hydrogens is 306 g/mol. The first-order chi connectivity index (χ1) is 11.7. The molecule has 0 N–H and O–H groups in total. The maximum Gasteiger partial charge on any atom is 0.291 e. The van der Waals surface area contributed by atoms with Crippen LogP contribution in [-0.4, -0.2) is 43.9 Å². The van der Waals surface area contributed by atoms with Gasteiger partial charge in [-0.3, -0.25) is 9.48 Å². The Hall–Kier alpha value is -2.44. The molecule has 2 aromatic rings. The smallest absolute Gasteiger partial charge is 0.291 e. The van der Waals surface area contributed by atoms with Gasteiger partial charge >= 0.3 is 0 Å². The zero-order chi connectivity index (χ0) is 16.9. The Labute approximate surface area is 141 Å². The number of carbonyl (C=O) groups excluding carboxylic acids is 1. The molecule has 0 saturated carbocycles. The van der Waals surface area contributed by atoms with Crippen LogP contribution in [0.4, 0.5) is 0 Å². The van der Waals surface area contributed by atoms with Crippen molar-refractivity contribution in [1.82, 2.24) is 24.9 Å². The lowest BCUT2D eigenvalue weighted by Gasteiger charge is -2.32. The number of hydrogen-bond acceptors (Lipinski definition) is 5. The van der Waals surface area contributed by atoms with Gasteiger partial charge in [0.1, 0.15) is 5.69 Å². The molecule has 0 aromatic carbocycles. The molecule has 3 rings (SSSR count). The number of allylic oxidation sites excluding steroid dienone is 1. The van der Waals surface area contributed by atoms with Crippen molar-refractivity contribution in [3.8, 4) is 0 Å². The average molecular weight is 329 g/mol. The second-order valence-corrected chi connectivity index (χ2v) is 6.11. The normalized spacial score (nSPS) is 18.4. The molecule has 1 amide bonds. The third-order valence-corrected chi connectivity index (χ3v) is 4.32. The molecule has 1 aliphatic heterocycles. The van der Waals surface area contributed by atoms with E-state index in [1.165, 1.54) is 6.39 Å². The van der Waals surface area contributed by atoms with Gasteiger partial charge in [0, 0.05) is 19.6 Å². The van der Waals surface area contributed by atoms with Crippen LogP contribution in [0.5, 0.6) is 0 Å². The molecule has 1 fully saturated rings. The molecular formula is C17H23N5O2. The van der Waals surface area contributed by atoms with E-state index in [1.807, 2.05) is 41.8 Å². The number of rotatable bonds is 5. The molecule has 1 saturated heterocycles. The Morgan fingerprint density at radius 1 is 1.50 bits per heavy atom. The van der Waals surface area contributed by atoms with Crippen LogP contribution in [0.2, 0.25) is 0 Å². The number of aryl methyl sites for hydroxylation is 1. The van der Waals surface area contributed by atoms with Crippen molar-refractivity contribution in [1.29, 1.82) is 0 Å². The van der Waals surface area contributed by atoms with Crippen LogP contribution in [0.1, 0.15) is 48.6 Å². The second-order valence-electron chi connectivity index (χ2n) is 6.11. The summed E-state index contributed by atoms with van der Waals surface area (Å²) < 4.78 is 7.18. The predicted octanol–water partition coefficient (Wildman–Crippen LogP) is 2.41. The summed E-state index contributed by atoms with van der Waals surface area (Å²) >= 11 is 0. The molecule has 7 nitrogen and oxygen atoms in total. The Morgan fingerprint density at radius 2 is 2.38 bits per heavy atom. The van der Waals surface area contributed by atoms with E-state index in [0.29, 0.717) is 24.6 Å². The van der Waals surface area contributed by atoms with Gasteiger partial charge in [0.2, 0.25) is 5.76 Å². The Kier molecular flexibility index (Phi) is 5.08. The monoisotopic (exact) mass is 329 g/mol. The quantitative estimate of drug-likeness (QED) is 0.842. The number of aromatic nitrogens is 4. The van der Waals surface area contributed by atoms with Gasteiger partial charge in [0.25, 0.3) is 5.91 Å². The predicted molar refractivity (Wildman–Crippen MR) is 89.2 cm³/mol. The number of oxazole rings is 1. The minimum absolute atomic E-state index is 0.0535. The fraction of sp³-hybridized carbons (Fsp3) is 0.529. The summed E-state index contributed by atoms with van der Waals surface area (Å²) in [6.07, 6.45) is 9.93. The number of carbonyl (C=O) groups is 1. The molecule has 24 heavy (non-hydrogen) atoms. The third kappa shape index (κ3) is 3.55. The molecule has 1 unspecified atom stereocenters. The van der Waals surface area contributed by atoms with Gasteiger partial charge in [-0.2, -0.15) is 0 Å². The first-order valence-electron chi connectivity index (χ1n) is 8.45. The lowest BCUT2D eigenvalue weighted by molar-refractivity contribution is 0.0626. The maximum atomic E-state index is 12.7. The first-order valence-corrected chi connectivity index (χ1v) is 8.45. The standard InChI is InChI=1S/C17H23N5O2/c1-3-6-14-11-22(20-19-14)10-13-7-5-8-21(9-13)17(23)16-15(4-2)18-12-24-16/h3,6,11-13H,4-5,7-10H2,1-2H3/b6-3+. The van der Waals surface area contributed by atoms with E-state index in [9.17, 15) is 4.79 Å². The van der Waals surface area contributed by atoms with E-state index in [0.717, 1.165) is 37.3 Å². The van der Waals surface area contributed by atoms with E-state index in [2.05, 4.69) is 15.3 Å². The van der Waals surface area contributed by atoms with E-state index < -0.39 is 0 Å². The van der Waals surface area contributed by atoms with Crippen molar-refractivity contribution < 1.29 is 9.21 Å². The zero-order valence-electron chi connectivity index (χ0n) is 14.2. The average Bonchev–Trinajstić information content (AvgIpc) is 3.24. The van der Waals surface area contributed by atoms with E-state index >= 15 is 0 Å². The van der Waals surface area contributed by atoms with Crippen molar-refractivity contribution in [2.75, 3.05) is 13.1 Å². The van der Waals surface area contributed by atoms with Gasteiger partial charge in [-0.05, 0) is 38.2 Å². The number of amides is 1. The van der Waals surface area contributed by atoms with Crippen molar-refractivity contribution in [3.63, 3.8) is 0 Å². The highest BCUT2D eigenvalue weighted by atomic mass is 16.3. The fourth-order valence-electron chi connectivity index (χ4n) is 3.15. The Balaban J connectivity index is 1.64. The van der Waals surface area contributed by atoms with Crippen LogP contribution in [0.3, 0.4) is 0 Å². The molecule has 128 valence electrons. The topological polar surface area (TPSA) is 77.0 Å². The first kappa shape index (κ1) is 16.4. The molecule has 7 heteroatoms. The third-order valence-electron chi connectivity index (χ3n) is 4.32. The fourth-order valence-corrected chi connectivity index (χ4v) is 3.15. The van der Waals surface area contributed by atoms with Crippen LogP contribution < -0.4 is 0 Å². The highest BCUT2D eigenvalue weighted by molar-refractivity contribution is 5.92. The van der Waals surface area contributed by atoms with Crippen LogP contribution >= 0.6 is 0 Å². The SMILES string of the molecule is C/C=C/c1cn(CC2CCCN(C(=O)c3ocnc3CC)C2)nn1. The number of hydrogen-bond donors (Lipinski definition) is 0. The minimum atomic E-state index is -0.0535. The van der Waals surface area contributed by atoms with E-state index in [4.69, 9.17) is 4.42 Å². The van der Waals surface area contributed by atoms with Gasteiger partial charge in [0.05, 0.1) is 11.9 Å². The van der Waals surface area contributed by atoms with E-state index in [-0.39, 0.29) is 5.91 Å². The molecule has 1 aliphatic rings. The highest BCUT2D eigenvalue weighted by Gasteiger charge is 2.28. The number of nitrogens with zero attached hydrogens (tertiary/aromatic N) is 5. The highest BCUT2D eigenvalue weighted by Crippen LogP contribution is 2.21. The molecule has 0 bridgehead atoms. The van der Waals surface area contributed by atoms with Crippen LogP contribution in [0.15, 0.2) is 23.1 Å². The van der Waals surface area contributed by atoms with Gasteiger partial charge in [-0.25, -0.2) is 4.98 Å². The van der Waals surface area contributed by atoms with Crippen molar-refractivity contribution in [2.45, 2.75) is 39.7 Å². The summed E-state index contributed by atoms with van der Waals surface area (Å²) in [6.45, 7) is 6.17.